The van der Waals surface area contributed by atoms with Crippen molar-refractivity contribution in [1.82, 2.24) is 10.3 Å². The molecule has 4 rings (SSSR count). The summed E-state index contributed by atoms with van der Waals surface area (Å²) in [5.41, 5.74) is 8.26. The number of allylic oxidation sites excluding steroid dienone is 1. The third-order valence-electron chi connectivity index (χ3n) is 7.30. The molecule has 2 heterocycles. The van der Waals surface area contributed by atoms with E-state index in [4.69, 9.17) is 44.1 Å². The van der Waals surface area contributed by atoms with Crippen molar-refractivity contribution in [2.75, 3.05) is 12.3 Å². The van der Waals surface area contributed by atoms with Gasteiger partial charge in [0.2, 0.25) is 0 Å². The maximum absolute atomic E-state index is 14.0. The van der Waals surface area contributed by atoms with Crippen molar-refractivity contribution in [3.05, 3.63) is 63.0 Å². The molecule has 0 spiro atoms. The third-order valence-corrected chi connectivity index (χ3v) is 8.01. The molecule has 2 aliphatic rings. The van der Waals surface area contributed by atoms with E-state index in [0.29, 0.717) is 11.1 Å². The fourth-order valence-corrected chi connectivity index (χ4v) is 5.74. The summed E-state index contributed by atoms with van der Waals surface area (Å²) < 4.78 is 20.0. The van der Waals surface area contributed by atoms with Crippen LogP contribution >= 0.6 is 23.2 Å². The van der Waals surface area contributed by atoms with Gasteiger partial charge in [-0.25, -0.2) is 9.37 Å². The Morgan fingerprint density at radius 1 is 1.28 bits per heavy atom. The number of ketones is 1. The monoisotopic (exact) mass is 573 g/mol. The van der Waals surface area contributed by atoms with Gasteiger partial charge in [-0.15, -0.1) is 0 Å². The van der Waals surface area contributed by atoms with E-state index in [1.807, 2.05) is 6.08 Å². The van der Waals surface area contributed by atoms with E-state index in [9.17, 15) is 9.18 Å². The Morgan fingerprint density at radius 2 is 2.10 bits per heavy atom. The lowest BCUT2D eigenvalue weighted by Crippen LogP contribution is -2.29. The Bertz CT molecular complexity index is 1260. The first-order valence-electron chi connectivity index (χ1n) is 13.3. The number of carbonyl (C=O) groups is 1. The van der Waals surface area contributed by atoms with E-state index in [1.165, 1.54) is 23.9 Å². The maximum Gasteiger partial charge on any atom is 0.172 e. The molecular weight excluding hydrogens is 540 g/mol. The number of carbonyl (C=O) groups excluding carboxylic acids is 1. The molecule has 39 heavy (non-hydrogen) atoms. The fraction of sp³-hybridized carbons (Fsp3) is 0.448. The highest BCUT2D eigenvalue weighted by Gasteiger charge is 2.23. The average molecular weight is 575 g/mol. The molecule has 1 aliphatic carbocycles. The molecule has 0 amide bonds. The zero-order valence-corrected chi connectivity index (χ0v) is 23.4. The van der Waals surface area contributed by atoms with Crippen molar-refractivity contribution in [2.24, 2.45) is 4.99 Å². The summed E-state index contributed by atoms with van der Waals surface area (Å²) in [6.07, 6.45) is 12.3. The lowest BCUT2D eigenvalue weighted by molar-refractivity contribution is -0.116. The van der Waals surface area contributed by atoms with Gasteiger partial charge in [0, 0.05) is 35.3 Å². The summed E-state index contributed by atoms with van der Waals surface area (Å²) in [6, 6.07) is 4.42. The zero-order chi connectivity index (χ0) is 27.9. The molecule has 2 fully saturated rings. The van der Waals surface area contributed by atoms with Crippen LogP contribution in [0.15, 0.2) is 41.0 Å². The Morgan fingerprint density at radius 3 is 2.85 bits per heavy atom. The van der Waals surface area contributed by atoms with Crippen molar-refractivity contribution in [3.63, 3.8) is 0 Å². The van der Waals surface area contributed by atoms with Crippen LogP contribution in [0.25, 0.3) is 0 Å². The number of nitrogens with zero attached hydrogens (tertiary/aromatic N) is 2. The van der Waals surface area contributed by atoms with Crippen LogP contribution in [0.2, 0.25) is 10.0 Å². The molecule has 1 aromatic heterocycles. The van der Waals surface area contributed by atoms with Crippen LogP contribution in [0, 0.1) is 11.2 Å². The van der Waals surface area contributed by atoms with Gasteiger partial charge >= 0.3 is 0 Å². The van der Waals surface area contributed by atoms with Crippen LogP contribution in [0.4, 0.5) is 10.2 Å². The summed E-state index contributed by atoms with van der Waals surface area (Å²) >= 11 is 12.4. The first kappa shape index (κ1) is 29.2. The highest BCUT2D eigenvalue weighted by Crippen LogP contribution is 2.36. The molecule has 4 atom stereocenters. The number of hydrogen-bond acceptors (Lipinski definition) is 7. The smallest absolute Gasteiger partial charge is 0.172 e. The topological polar surface area (TPSA) is 113 Å². The highest BCUT2D eigenvalue weighted by molar-refractivity contribution is 6.36. The summed E-state index contributed by atoms with van der Waals surface area (Å²) in [7, 11) is 0. The Hall–Kier alpha value is -2.81. The Kier molecular flexibility index (Phi) is 10.1. The molecule has 1 aliphatic heterocycles. The number of pyridine rings is 1. The van der Waals surface area contributed by atoms with E-state index in [2.05, 4.69) is 10.3 Å². The summed E-state index contributed by atoms with van der Waals surface area (Å²) in [5.74, 6) is -0.392. The number of ether oxygens (including phenoxy) is 1. The molecule has 4 unspecified atom stereocenters. The number of aliphatic imine (C=N–C) groups is 1. The first-order chi connectivity index (χ1) is 18.8. The molecule has 2 aromatic rings. The van der Waals surface area contributed by atoms with Crippen LogP contribution in [-0.2, 0) is 4.79 Å². The number of nitrogens with two attached hydrogens (primary N) is 1. The van der Waals surface area contributed by atoms with Gasteiger partial charge in [0.05, 0.1) is 17.0 Å². The molecule has 7 nitrogen and oxygen atoms in total. The van der Waals surface area contributed by atoms with Crippen molar-refractivity contribution in [2.45, 2.75) is 76.0 Å². The lowest BCUT2D eigenvalue weighted by atomic mass is 10.0. The minimum absolute atomic E-state index is 0.0314. The lowest BCUT2D eigenvalue weighted by Gasteiger charge is -2.20. The number of anilines is 1. The van der Waals surface area contributed by atoms with Crippen molar-refractivity contribution in [1.29, 1.82) is 5.41 Å². The predicted octanol–water partition coefficient (Wildman–Crippen LogP) is 6.63. The van der Waals surface area contributed by atoms with Crippen molar-refractivity contribution >= 4 is 47.2 Å². The number of halogens is 3. The maximum atomic E-state index is 14.0. The second-order valence-corrected chi connectivity index (χ2v) is 10.9. The standard InChI is InChI=1S/C29H34Cl2FN5O2/c1-17(27-22(30)9-10-23(32)28(27)31)39-26-13-19(15-37-29(26)34)20(14-33)16-36-21-5-2-4-18(7-8-21)12-25(38)24-6-3-11-35-24/h9-10,12-17,20-21,24,33,35H,2-8,11H2,1H3,(H2,34,37). The van der Waals surface area contributed by atoms with Gasteiger partial charge in [-0.3, -0.25) is 9.79 Å². The van der Waals surface area contributed by atoms with Crippen LogP contribution in [0.3, 0.4) is 0 Å². The van der Waals surface area contributed by atoms with E-state index in [0.717, 1.165) is 51.5 Å². The molecule has 1 saturated heterocycles. The molecule has 1 aromatic carbocycles. The number of aromatic nitrogens is 1. The molecule has 4 N–H and O–H groups in total. The minimum Gasteiger partial charge on any atom is -0.482 e. The van der Waals surface area contributed by atoms with Gasteiger partial charge in [0.25, 0.3) is 0 Å². The predicted molar refractivity (Wildman–Crippen MR) is 155 cm³/mol. The van der Waals surface area contributed by atoms with E-state index in [1.54, 1.807) is 25.4 Å². The number of nitrogens with one attached hydrogen (secondary N) is 2. The van der Waals surface area contributed by atoms with Gasteiger partial charge in [0.15, 0.2) is 17.4 Å². The van der Waals surface area contributed by atoms with Crippen molar-refractivity contribution in [3.8, 4) is 5.75 Å². The molecule has 1 saturated carbocycles. The highest BCUT2D eigenvalue weighted by atomic mass is 35.5. The number of hydrogen-bond donors (Lipinski definition) is 3. The fourth-order valence-electron chi connectivity index (χ4n) is 5.06. The Balaban J connectivity index is 1.42. The van der Waals surface area contributed by atoms with Gasteiger partial charge in [0.1, 0.15) is 11.9 Å². The quantitative estimate of drug-likeness (QED) is 0.135. The average Bonchev–Trinajstić information content (AvgIpc) is 3.37. The van der Waals surface area contributed by atoms with E-state index in [-0.39, 0.29) is 39.5 Å². The zero-order valence-electron chi connectivity index (χ0n) is 21.9. The number of rotatable bonds is 9. The molecule has 10 heteroatoms. The largest absolute Gasteiger partial charge is 0.482 e. The SMILES string of the molecule is CC(Oc1cc(C(C=N)C=NC2CCCC(=CC(=O)C3CCCN3)CC2)cnc1N)c1c(Cl)ccc(F)c1Cl. The molecule has 0 bridgehead atoms. The number of nitrogen functional groups attached to an aromatic ring is 1. The number of benzene rings is 1. The van der Waals surface area contributed by atoms with Crippen LogP contribution < -0.4 is 15.8 Å². The molecule has 0 radical (unpaired) electrons. The van der Waals surface area contributed by atoms with Crippen molar-refractivity contribution < 1.29 is 13.9 Å². The van der Waals surface area contributed by atoms with Crippen LogP contribution in [0.5, 0.6) is 5.75 Å². The summed E-state index contributed by atoms with van der Waals surface area (Å²) in [4.78, 5) is 21.6. The summed E-state index contributed by atoms with van der Waals surface area (Å²) in [6.45, 7) is 2.61. The molecular formula is C29H34Cl2FN5O2. The Labute approximate surface area is 238 Å². The minimum atomic E-state index is -0.697. The second kappa shape index (κ2) is 13.5. The van der Waals surface area contributed by atoms with Crippen LogP contribution in [-0.4, -0.2) is 41.8 Å². The van der Waals surface area contributed by atoms with Gasteiger partial charge in [-0.2, -0.15) is 0 Å². The summed E-state index contributed by atoms with van der Waals surface area (Å²) in [5, 5.41) is 11.4. The molecule has 208 valence electrons. The van der Waals surface area contributed by atoms with E-state index < -0.39 is 17.8 Å². The van der Waals surface area contributed by atoms with Gasteiger partial charge in [-0.1, -0.05) is 28.8 Å². The van der Waals surface area contributed by atoms with Gasteiger partial charge < -0.3 is 21.2 Å². The second-order valence-electron chi connectivity index (χ2n) is 10.1. The first-order valence-corrected chi connectivity index (χ1v) is 14.1. The van der Waals surface area contributed by atoms with Crippen LogP contribution in [0.1, 0.15) is 75.0 Å². The normalized spacial score (nSPS) is 22.5. The third kappa shape index (κ3) is 7.44. The van der Waals surface area contributed by atoms with Gasteiger partial charge in [-0.05, 0) is 88.3 Å². The van der Waals surface area contributed by atoms with E-state index >= 15 is 0 Å².